The van der Waals surface area contributed by atoms with Crippen LogP contribution in [0.4, 0.5) is 43.3 Å². The molecular formula is C53H52Cl3F4N9O8. The van der Waals surface area contributed by atoms with Gasteiger partial charge in [-0.15, -0.1) is 12.4 Å². The van der Waals surface area contributed by atoms with E-state index >= 15 is 0 Å². The quantitative estimate of drug-likeness (QED) is 0.0705. The first kappa shape index (κ1) is 58.7. The predicted octanol–water partition coefficient (Wildman–Crippen LogP) is 11.3. The van der Waals surface area contributed by atoms with Gasteiger partial charge in [0.2, 0.25) is 0 Å². The van der Waals surface area contributed by atoms with Crippen molar-refractivity contribution in [2.75, 3.05) is 30.4 Å². The first-order valence-corrected chi connectivity index (χ1v) is 24.4. The molecule has 6 aromatic rings. The number of anilines is 2. The monoisotopic (exact) mass is 1120 g/mol. The van der Waals surface area contributed by atoms with Crippen LogP contribution in [0.1, 0.15) is 101 Å². The first-order valence-electron chi connectivity index (χ1n) is 23.7. The minimum atomic E-state index is -0.645. The number of nitrogens with one attached hydrogen (secondary N) is 3. The van der Waals surface area contributed by atoms with Crippen molar-refractivity contribution in [3.63, 3.8) is 0 Å². The number of ether oxygens (including phenoxy) is 3. The molecule has 3 aliphatic rings. The number of aliphatic imine (C=N–C) groups is 1. The zero-order valence-electron chi connectivity index (χ0n) is 41.6. The number of hydrogen-bond acceptors (Lipinski definition) is 12. The Labute approximate surface area is 455 Å². The van der Waals surface area contributed by atoms with Crippen molar-refractivity contribution in [3.05, 3.63) is 176 Å². The molecule has 0 saturated heterocycles. The number of imidazole rings is 1. The summed E-state index contributed by atoms with van der Waals surface area (Å²) < 4.78 is 72.8. The zero-order valence-corrected chi connectivity index (χ0v) is 43.9. The lowest BCUT2D eigenvalue weighted by molar-refractivity contribution is 0.0513. The molecule has 77 heavy (non-hydrogen) atoms. The largest absolute Gasteiger partial charge is 0.449 e. The zero-order chi connectivity index (χ0) is 54.7. The molecule has 2 aliphatic carbocycles. The maximum atomic E-state index is 14.6. The Balaban J connectivity index is 0.000000191. The molecule has 0 saturated carbocycles. The summed E-state index contributed by atoms with van der Waals surface area (Å²) >= 11 is 11.4. The van der Waals surface area contributed by atoms with Crippen LogP contribution < -0.4 is 21.7 Å². The Morgan fingerprint density at radius 1 is 0.766 bits per heavy atom. The van der Waals surface area contributed by atoms with Crippen LogP contribution in [0.5, 0.6) is 0 Å². The highest BCUT2D eigenvalue weighted by molar-refractivity contribution is 6.31. The van der Waals surface area contributed by atoms with Crippen molar-refractivity contribution in [3.8, 4) is 0 Å². The molecule has 1 aliphatic heterocycles. The van der Waals surface area contributed by atoms with E-state index in [-0.39, 0.29) is 58.7 Å². The summed E-state index contributed by atoms with van der Waals surface area (Å²) in [6, 6.07) is 12.0. The SMILES string of the molecule is CC(C)(C)OC(=O)n1cc(CCOC(=O)n2ccnc2)cn1.Cl.N[C@H]1CCc2c(C(=O)Nc3ccc(F)c(Cl)c3)ccc(F)c21.O=C(N[C@H]1CCc2c(C(=O)Nc3ccc(F)c(Cl)c3)ccc(F)c21)OCCC1=CCN=C1. The smallest absolute Gasteiger partial charge is 0.435 e. The fourth-order valence-corrected chi connectivity index (χ4v) is 8.54. The summed E-state index contributed by atoms with van der Waals surface area (Å²) in [7, 11) is 0. The normalized spacial score (nSPS) is 14.8. The number of halogens is 7. The Morgan fingerprint density at radius 3 is 1.92 bits per heavy atom. The summed E-state index contributed by atoms with van der Waals surface area (Å²) in [6.07, 6.45) is 12.5. The fourth-order valence-electron chi connectivity index (χ4n) is 8.18. The highest BCUT2D eigenvalue weighted by Crippen LogP contribution is 2.37. The van der Waals surface area contributed by atoms with Gasteiger partial charge in [0.25, 0.3) is 11.8 Å². The molecule has 3 heterocycles. The molecule has 3 amide bonds. The molecule has 9 rings (SSSR count). The molecule has 0 unspecified atom stereocenters. The van der Waals surface area contributed by atoms with Crippen molar-refractivity contribution in [2.45, 2.75) is 77.0 Å². The van der Waals surface area contributed by atoms with E-state index in [1.165, 1.54) is 84.1 Å². The number of aromatic nitrogens is 4. The molecule has 2 aromatic heterocycles. The van der Waals surface area contributed by atoms with Crippen LogP contribution in [0.15, 0.2) is 108 Å². The molecule has 17 nitrogen and oxygen atoms in total. The summed E-state index contributed by atoms with van der Waals surface area (Å²) in [5.74, 6) is -2.92. The number of carbonyl (C=O) groups excluding carboxylic acids is 5. The molecule has 0 bridgehead atoms. The van der Waals surface area contributed by atoms with Gasteiger partial charge in [0.05, 0.1) is 42.0 Å². The Hall–Kier alpha value is -7.59. The number of nitrogens with two attached hydrogens (primary N) is 1. The van der Waals surface area contributed by atoms with Gasteiger partial charge in [0.15, 0.2) is 0 Å². The average Bonchev–Trinajstić information content (AvgIpc) is 4.25. The van der Waals surface area contributed by atoms with Crippen LogP contribution in [0, 0.1) is 23.3 Å². The fraction of sp³-hybridized carbons (Fsp3) is 0.283. The third-order valence-electron chi connectivity index (χ3n) is 11.7. The van der Waals surface area contributed by atoms with E-state index in [2.05, 4.69) is 31.0 Å². The number of alkyl carbamates (subject to hydrolysis) is 1. The standard InChI is InChI=1S/C23H20ClF2N3O3.C16H13ClF2N2O.C14H18N4O4.ClH/c24-17-11-14(1-4-18(17)25)28-22(30)16-2-5-19(26)21-15(16)3-6-20(21)29-23(31)32-10-8-13-7-9-27-12-13;17-11-7-8(1-4-12(11)18)21-16(22)10-2-5-13(19)15-9(10)3-6-14(15)20;1-14(2,3)22-13(20)18-9-11(8-16-18)4-7-21-12(19)17-6-5-15-10-17;/h1-2,4-5,7,11-12,20H,3,6,8-10H2,(H,28,30)(H,29,31);1-2,4-5,7,14H,3,6,20H2,(H,21,22);5-6,8-10H,4,7H2,1-3H3;1H/t20-;14-;;/m00../s1. The van der Waals surface area contributed by atoms with E-state index in [9.17, 15) is 41.5 Å². The van der Waals surface area contributed by atoms with Gasteiger partial charge in [0, 0.05) is 77.3 Å². The third-order valence-corrected chi connectivity index (χ3v) is 12.3. The summed E-state index contributed by atoms with van der Waals surface area (Å²) in [5, 5.41) is 11.7. The van der Waals surface area contributed by atoms with E-state index in [0.717, 1.165) is 21.9 Å². The molecule has 5 N–H and O–H groups in total. The number of nitrogens with zero attached hydrogens (tertiary/aromatic N) is 5. The van der Waals surface area contributed by atoms with Crippen LogP contribution in [0.25, 0.3) is 0 Å². The van der Waals surface area contributed by atoms with Gasteiger partial charge in [-0.05, 0) is 129 Å². The number of carbonyl (C=O) groups is 5. The van der Waals surface area contributed by atoms with E-state index < -0.39 is 59.2 Å². The van der Waals surface area contributed by atoms with Crippen LogP contribution >= 0.6 is 35.6 Å². The van der Waals surface area contributed by atoms with E-state index in [1.807, 2.05) is 6.08 Å². The van der Waals surface area contributed by atoms with E-state index in [1.54, 1.807) is 33.2 Å². The lowest BCUT2D eigenvalue weighted by Crippen LogP contribution is -2.29. The predicted molar refractivity (Wildman–Crippen MR) is 282 cm³/mol. The second kappa shape index (κ2) is 26.5. The van der Waals surface area contributed by atoms with Crippen molar-refractivity contribution in [1.29, 1.82) is 0 Å². The van der Waals surface area contributed by atoms with Crippen molar-refractivity contribution < 1.29 is 55.7 Å². The minimum Gasteiger partial charge on any atom is -0.449 e. The highest BCUT2D eigenvalue weighted by atomic mass is 35.5. The van der Waals surface area contributed by atoms with Gasteiger partial charge in [-0.1, -0.05) is 29.3 Å². The Morgan fingerprint density at radius 2 is 1.35 bits per heavy atom. The lowest BCUT2D eigenvalue weighted by atomic mass is 10.0. The molecule has 0 spiro atoms. The molecule has 4 aromatic carbocycles. The molecule has 0 fully saturated rings. The van der Waals surface area contributed by atoms with Crippen LogP contribution in [-0.4, -0.2) is 81.0 Å². The van der Waals surface area contributed by atoms with Crippen molar-refractivity contribution >= 4 is 83.3 Å². The average molecular weight is 1130 g/mol. The molecule has 0 radical (unpaired) electrons. The van der Waals surface area contributed by atoms with Gasteiger partial charge >= 0.3 is 18.3 Å². The van der Waals surface area contributed by atoms with E-state index in [0.29, 0.717) is 78.7 Å². The van der Waals surface area contributed by atoms with Crippen LogP contribution in [0.2, 0.25) is 10.0 Å². The topological polar surface area (TPSA) is 223 Å². The maximum absolute atomic E-state index is 14.6. The van der Waals surface area contributed by atoms with Gasteiger partial charge < -0.3 is 35.9 Å². The Bertz CT molecular complexity index is 3200. The van der Waals surface area contributed by atoms with E-state index in [4.69, 9.17) is 43.1 Å². The first-order chi connectivity index (χ1) is 36.2. The lowest BCUT2D eigenvalue weighted by Gasteiger charge is -2.18. The molecule has 406 valence electrons. The summed E-state index contributed by atoms with van der Waals surface area (Å²) in [6.45, 7) is 6.36. The van der Waals surface area contributed by atoms with Gasteiger partial charge in [0.1, 0.15) is 35.2 Å². The van der Waals surface area contributed by atoms with Crippen molar-refractivity contribution in [2.24, 2.45) is 10.7 Å². The van der Waals surface area contributed by atoms with Gasteiger partial charge in [-0.3, -0.25) is 14.6 Å². The van der Waals surface area contributed by atoms with Crippen LogP contribution in [-0.2, 0) is 33.5 Å². The number of benzene rings is 4. The molecule has 2 atom stereocenters. The number of rotatable bonds is 11. The van der Waals surface area contributed by atoms with Gasteiger partial charge in [-0.2, -0.15) is 9.78 Å². The third kappa shape index (κ3) is 15.7. The summed E-state index contributed by atoms with van der Waals surface area (Å²) in [4.78, 5) is 68.5. The number of fused-ring (bicyclic) bond motifs is 2. The van der Waals surface area contributed by atoms with Crippen LogP contribution in [0.3, 0.4) is 0 Å². The second-order valence-electron chi connectivity index (χ2n) is 18.3. The second-order valence-corrected chi connectivity index (χ2v) is 19.1. The highest BCUT2D eigenvalue weighted by Gasteiger charge is 2.32. The van der Waals surface area contributed by atoms with Gasteiger partial charge in [-0.25, -0.2) is 41.5 Å². The van der Waals surface area contributed by atoms with Crippen molar-refractivity contribution in [1.82, 2.24) is 24.6 Å². The number of amides is 3. The summed E-state index contributed by atoms with van der Waals surface area (Å²) in [5.41, 5.74) is 10.3. The number of hydrogen-bond donors (Lipinski definition) is 4. The Kier molecular flexibility index (Phi) is 20.2. The molecule has 24 heteroatoms. The maximum Gasteiger partial charge on any atom is 0.435 e. The minimum absolute atomic E-state index is 0. The molecular weight excluding hydrogens is 1070 g/mol.